The van der Waals surface area contributed by atoms with E-state index in [9.17, 15) is 55.5 Å². The van der Waals surface area contributed by atoms with Gasteiger partial charge in [-0.25, -0.2) is 0 Å². The van der Waals surface area contributed by atoms with Crippen molar-refractivity contribution in [2.24, 2.45) is 0 Å². The first kappa shape index (κ1) is 68.3. The Morgan fingerprint density at radius 2 is 0.914 bits per heavy atom. The van der Waals surface area contributed by atoms with Crippen molar-refractivity contribution in [1.82, 2.24) is 0 Å². The van der Waals surface area contributed by atoms with Gasteiger partial charge in [0.15, 0.2) is 43.7 Å². The molecule has 0 aromatic heterocycles. The third-order valence-electron chi connectivity index (χ3n) is 16.9. The monoisotopic (exact) mass is 1170 g/mol. The van der Waals surface area contributed by atoms with Crippen LogP contribution in [0.15, 0.2) is 0 Å². The van der Waals surface area contributed by atoms with Gasteiger partial charge in [0.25, 0.3) is 0 Å². The fourth-order valence-electron chi connectivity index (χ4n) is 11.7. The van der Waals surface area contributed by atoms with Crippen LogP contribution in [0, 0.1) is 0 Å². The fraction of sp³-hybridized carbons (Fsp3) is 0.966. The summed E-state index contributed by atoms with van der Waals surface area (Å²) in [6, 6.07) is 0. The summed E-state index contributed by atoms with van der Waals surface area (Å²) in [7, 11) is 0. The fourth-order valence-corrected chi connectivity index (χ4v) is 11.7. The van der Waals surface area contributed by atoms with Crippen molar-refractivity contribution in [3.05, 3.63) is 0 Å². The van der Waals surface area contributed by atoms with E-state index in [4.69, 9.17) is 56.8 Å². The van der Waals surface area contributed by atoms with Crippen molar-refractivity contribution in [3.8, 4) is 0 Å². The Balaban J connectivity index is 1.34. The Hall–Kier alpha value is -1.82. The number of hydrogen-bond acceptors (Lipinski definition) is 23. The molecule has 0 unspecified atom stereocenters. The Labute approximate surface area is 478 Å². The quantitative estimate of drug-likeness (QED) is 0.0584. The van der Waals surface area contributed by atoms with Crippen molar-refractivity contribution in [2.45, 2.75) is 356 Å². The molecule has 23 nitrogen and oxygen atoms in total. The SMILES string of the molecule is CCCCCCCCCCCC(=O)O[C@H]1[C@H](O[C@@H]2[C@@H]3OC(=O)CCCCCCCCC[C@H](CCCCC)O[C@H]4O[C@H](C)[C@H](O)[C@H](O)[C@H]4O[C@H](O[C@H]2C)[C@@H]3O)O[C@@H](C)[C@H](O[C@@H]2O[C@@H](C)[C@H](O)[C@@H](O)[C@H]2O)[C@H]1O[C@H]1O[C@@H](C)[C@H](O)[C@@H](O)[C@H]1O. The standard InChI is InChI=1S/C58H102O23/c1-8-10-12-13-14-15-18-21-26-30-38(60)77-53-52(81-55-46(68)43(65)40(62)32(4)71-55)49(78-54-45(67)42(64)39(61)31(3)70-54)35(7)74-58(53)79-48-34(6)73-56-47(69)50(48)76-37(59)29-25-22-19-16-17-20-24-28-36(27-23-11-9-2)75-57-51(80-56)44(66)41(63)33(5)72-57/h31-36,39-58,61-69H,8-30H2,1-7H3/t31-,32-,33+,34-,35-,36-,39-,40-,41-,42+,43+,44-,45+,46+,47+,48-,49-,50+,51+,52+,53+,54-,55+,56-,57+,58-/m0/s1. The molecule has 81 heavy (non-hydrogen) atoms. The number of aliphatic hydroxyl groups is 9. The van der Waals surface area contributed by atoms with Crippen LogP contribution in [0.2, 0.25) is 0 Å². The van der Waals surface area contributed by atoms with Crippen LogP contribution in [0.1, 0.15) is 196 Å². The maximum atomic E-state index is 14.2. The van der Waals surface area contributed by atoms with Crippen LogP contribution in [0.5, 0.6) is 0 Å². The number of rotatable bonds is 21. The molecule has 6 aliphatic rings. The second kappa shape index (κ2) is 33.9. The summed E-state index contributed by atoms with van der Waals surface area (Å²) >= 11 is 0. The van der Waals surface area contributed by atoms with Gasteiger partial charge < -0.3 is 103 Å². The Morgan fingerprint density at radius 3 is 1.53 bits per heavy atom. The molecule has 6 heterocycles. The number of ether oxygens (including phenoxy) is 12. The number of carbonyl (C=O) groups is 2. The normalized spacial score (nSPS) is 43.5. The molecule has 0 amide bonds. The minimum atomic E-state index is -1.88. The van der Waals surface area contributed by atoms with Crippen LogP contribution >= 0.6 is 0 Å². The van der Waals surface area contributed by atoms with Gasteiger partial charge in [0.1, 0.15) is 79.4 Å². The topological polar surface area (TPSA) is 327 Å². The van der Waals surface area contributed by atoms with Gasteiger partial charge in [-0.05, 0) is 60.3 Å². The lowest BCUT2D eigenvalue weighted by molar-refractivity contribution is -0.399. The highest BCUT2D eigenvalue weighted by molar-refractivity contribution is 5.70. The van der Waals surface area contributed by atoms with E-state index < -0.39 is 165 Å². The first-order valence-electron chi connectivity index (χ1n) is 30.8. The zero-order chi connectivity index (χ0) is 58.9. The van der Waals surface area contributed by atoms with E-state index in [0.29, 0.717) is 12.8 Å². The van der Waals surface area contributed by atoms with Crippen molar-refractivity contribution < 1.29 is 112 Å². The second-order valence-electron chi connectivity index (χ2n) is 23.6. The minimum Gasteiger partial charge on any atom is -0.456 e. The van der Waals surface area contributed by atoms with Crippen LogP contribution in [-0.4, -0.2) is 218 Å². The van der Waals surface area contributed by atoms with E-state index >= 15 is 0 Å². The first-order chi connectivity index (χ1) is 38.7. The lowest BCUT2D eigenvalue weighted by Gasteiger charge is -2.51. The average Bonchev–Trinajstić information content (AvgIpc) is 3.48. The van der Waals surface area contributed by atoms with Crippen LogP contribution in [0.3, 0.4) is 0 Å². The molecule has 9 N–H and O–H groups in total. The molecule has 0 radical (unpaired) electrons. The highest BCUT2D eigenvalue weighted by atomic mass is 16.8. The van der Waals surface area contributed by atoms with E-state index in [1.807, 2.05) is 0 Å². The number of fused-ring (bicyclic) bond motifs is 3. The first-order valence-corrected chi connectivity index (χ1v) is 30.8. The van der Waals surface area contributed by atoms with E-state index in [2.05, 4.69) is 13.8 Å². The minimum absolute atomic E-state index is 0.0155. The van der Waals surface area contributed by atoms with Crippen LogP contribution in [-0.2, 0) is 66.4 Å². The van der Waals surface area contributed by atoms with Crippen LogP contribution < -0.4 is 0 Å². The summed E-state index contributed by atoms with van der Waals surface area (Å²) in [6.45, 7) is 11.9. The van der Waals surface area contributed by atoms with E-state index in [0.717, 1.165) is 109 Å². The molecule has 23 heteroatoms. The summed E-state index contributed by atoms with van der Waals surface area (Å²) in [5.74, 6) is -1.41. The molecule has 6 aliphatic heterocycles. The molecular weight excluding hydrogens is 1060 g/mol. The number of carbonyl (C=O) groups excluding carboxylic acids is 2. The highest BCUT2D eigenvalue weighted by Crippen LogP contribution is 2.39. The maximum Gasteiger partial charge on any atom is 0.306 e. The van der Waals surface area contributed by atoms with Crippen molar-refractivity contribution >= 4 is 11.9 Å². The van der Waals surface area contributed by atoms with Gasteiger partial charge in [-0.3, -0.25) is 9.59 Å². The number of aliphatic hydroxyl groups excluding tert-OH is 9. The third-order valence-corrected chi connectivity index (χ3v) is 16.9. The predicted octanol–water partition coefficient (Wildman–Crippen LogP) is 3.73. The lowest BCUT2D eigenvalue weighted by Crippen LogP contribution is -2.68. The van der Waals surface area contributed by atoms with Gasteiger partial charge in [0, 0.05) is 12.8 Å². The molecule has 6 rings (SSSR count). The lowest BCUT2D eigenvalue weighted by atomic mass is 9.95. The summed E-state index contributed by atoms with van der Waals surface area (Å²) in [5.41, 5.74) is 0. The Morgan fingerprint density at radius 1 is 0.432 bits per heavy atom. The molecule has 0 saturated carbocycles. The molecule has 0 aliphatic carbocycles. The van der Waals surface area contributed by atoms with Gasteiger partial charge in [0.05, 0.1) is 36.6 Å². The molecule has 26 atom stereocenters. The summed E-state index contributed by atoms with van der Waals surface area (Å²) in [4.78, 5) is 28.2. The van der Waals surface area contributed by atoms with Gasteiger partial charge in [0.2, 0.25) is 0 Å². The molecule has 0 spiro atoms. The molecular formula is C58H102O23. The Kier molecular flexibility index (Phi) is 28.6. The molecule has 6 saturated heterocycles. The van der Waals surface area contributed by atoms with Gasteiger partial charge >= 0.3 is 11.9 Å². The van der Waals surface area contributed by atoms with Crippen LogP contribution in [0.4, 0.5) is 0 Å². The zero-order valence-electron chi connectivity index (χ0n) is 49.0. The molecule has 2 bridgehead atoms. The molecule has 0 aromatic rings. The van der Waals surface area contributed by atoms with Crippen molar-refractivity contribution in [1.29, 1.82) is 0 Å². The predicted molar refractivity (Wildman–Crippen MR) is 287 cm³/mol. The summed E-state index contributed by atoms with van der Waals surface area (Å²) < 4.78 is 76.0. The van der Waals surface area contributed by atoms with Crippen molar-refractivity contribution in [2.75, 3.05) is 0 Å². The highest BCUT2D eigenvalue weighted by Gasteiger charge is 2.58. The van der Waals surface area contributed by atoms with Gasteiger partial charge in [-0.1, -0.05) is 123 Å². The van der Waals surface area contributed by atoms with E-state index in [-0.39, 0.29) is 18.9 Å². The maximum absolute atomic E-state index is 14.2. The van der Waals surface area contributed by atoms with Crippen LogP contribution in [0.25, 0.3) is 0 Å². The zero-order valence-corrected chi connectivity index (χ0v) is 49.0. The van der Waals surface area contributed by atoms with E-state index in [1.165, 1.54) is 33.6 Å². The van der Waals surface area contributed by atoms with Crippen molar-refractivity contribution in [3.63, 3.8) is 0 Å². The van der Waals surface area contributed by atoms with Gasteiger partial charge in [-0.2, -0.15) is 0 Å². The van der Waals surface area contributed by atoms with E-state index in [1.54, 1.807) is 13.8 Å². The summed E-state index contributed by atoms with van der Waals surface area (Å²) in [6.07, 6.45) is -19.0. The summed E-state index contributed by atoms with van der Waals surface area (Å²) in [5, 5.41) is 101. The Bertz CT molecular complexity index is 1800. The third kappa shape index (κ3) is 19.1. The smallest absolute Gasteiger partial charge is 0.306 e. The number of unbranched alkanes of at least 4 members (excludes halogenated alkanes) is 10. The number of hydrogen-bond donors (Lipinski definition) is 9. The largest absolute Gasteiger partial charge is 0.456 e. The number of esters is 2. The average molecular weight is 1170 g/mol. The molecule has 472 valence electrons. The van der Waals surface area contributed by atoms with Gasteiger partial charge in [-0.15, -0.1) is 0 Å². The molecule has 0 aromatic carbocycles. The second-order valence-corrected chi connectivity index (χ2v) is 23.6. The molecule has 6 fully saturated rings.